The van der Waals surface area contributed by atoms with Crippen LogP contribution in [0, 0.1) is 0 Å². The molecule has 1 aromatic heterocycles. The Morgan fingerprint density at radius 1 is 1.21 bits per heavy atom. The van der Waals surface area contributed by atoms with Crippen molar-refractivity contribution in [3.8, 4) is 0 Å². The highest BCUT2D eigenvalue weighted by Gasteiger charge is 2.29. The van der Waals surface area contributed by atoms with Gasteiger partial charge in [-0.3, -0.25) is 14.8 Å². The van der Waals surface area contributed by atoms with E-state index < -0.39 is 15.9 Å². The number of hydroxylamine groups is 1. The number of sulfonamides is 1. The third kappa shape index (κ3) is 4.30. The molecule has 0 unspecified atom stereocenters. The number of rotatable bonds is 5. The molecule has 0 saturated carbocycles. The first-order valence-electron chi connectivity index (χ1n) is 8.34. The van der Waals surface area contributed by atoms with Crippen molar-refractivity contribution in [2.45, 2.75) is 11.8 Å². The third-order valence-corrected chi connectivity index (χ3v) is 7.07. The van der Waals surface area contributed by atoms with E-state index in [1.165, 1.54) is 29.6 Å². The van der Waals surface area contributed by atoms with Crippen LogP contribution in [-0.2, 0) is 14.8 Å². The van der Waals surface area contributed by atoms with Crippen LogP contribution in [0.3, 0.4) is 0 Å². The fourth-order valence-electron chi connectivity index (χ4n) is 2.78. The average Bonchev–Trinajstić information content (AvgIpc) is 3.17. The first-order chi connectivity index (χ1) is 13.3. The highest BCUT2D eigenvalue weighted by molar-refractivity contribution is 7.89. The Hall–Kier alpha value is -2.54. The number of anilines is 2. The van der Waals surface area contributed by atoms with E-state index in [0.29, 0.717) is 23.9 Å². The third-order valence-electron chi connectivity index (χ3n) is 4.12. The summed E-state index contributed by atoms with van der Waals surface area (Å²) < 4.78 is 27.2. The molecule has 1 aromatic carbocycles. The molecule has 0 spiro atoms. The Bertz CT molecular complexity index is 983. The quantitative estimate of drug-likeness (QED) is 0.475. The zero-order valence-electron chi connectivity index (χ0n) is 15.0. The second-order valence-corrected chi connectivity index (χ2v) is 9.00. The summed E-state index contributed by atoms with van der Waals surface area (Å²) in [4.78, 5) is 29.0. The fourth-order valence-corrected chi connectivity index (χ4v) is 5.10. The number of nitrogens with zero attached hydrogens (tertiary/aromatic N) is 3. The maximum atomic E-state index is 12.9. The number of amides is 2. The lowest BCUT2D eigenvalue weighted by atomic mass is 10.3. The van der Waals surface area contributed by atoms with Crippen molar-refractivity contribution in [3.05, 3.63) is 35.3 Å². The van der Waals surface area contributed by atoms with Crippen LogP contribution in [0.25, 0.3) is 0 Å². The Labute approximate surface area is 165 Å². The maximum Gasteiger partial charge on any atom is 0.286 e. The lowest BCUT2D eigenvalue weighted by Gasteiger charge is -2.33. The molecule has 2 aromatic rings. The Balaban J connectivity index is 1.69. The summed E-state index contributed by atoms with van der Waals surface area (Å²) in [6.07, 6.45) is 1.36. The van der Waals surface area contributed by atoms with Crippen molar-refractivity contribution in [2.24, 2.45) is 0 Å². The SMILES string of the molecule is CC(=O)Nc1cccc(S(=O)(=O)N2CCN(c3ncc(C(=O)NO)s3)CC2)c1. The Morgan fingerprint density at radius 3 is 2.57 bits per heavy atom. The predicted molar refractivity (Wildman–Crippen MR) is 103 cm³/mol. The van der Waals surface area contributed by atoms with E-state index in [-0.39, 0.29) is 28.8 Å². The van der Waals surface area contributed by atoms with Crippen LogP contribution in [0.15, 0.2) is 35.4 Å². The minimum Gasteiger partial charge on any atom is -0.345 e. The molecule has 0 atom stereocenters. The smallest absolute Gasteiger partial charge is 0.286 e. The highest BCUT2D eigenvalue weighted by atomic mass is 32.2. The zero-order chi connectivity index (χ0) is 20.3. The van der Waals surface area contributed by atoms with Gasteiger partial charge in [-0.25, -0.2) is 18.9 Å². The number of hydrogen-bond donors (Lipinski definition) is 3. The summed E-state index contributed by atoms with van der Waals surface area (Å²) >= 11 is 1.12. The topological polar surface area (TPSA) is 132 Å². The Kier molecular flexibility index (Phi) is 5.93. The van der Waals surface area contributed by atoms with Gasteiger partial charge < -0.3 is 10.2 Å². The summed E-state index contributed by atoms with van der Waals surface area (Å²) in [5, 5.41) is 11.8. The predicted octanol–water partition coefficient (Wildman–Crippen LogP) is 0.731. The van der Waals surface area contributed by atoms with E-state index in [1.807, 2.05) is 4.90 Å². The van der Waals surface area contributed by atoms with Gasteiger partial charge in [0.1, 0.15) is 4.88 Å². The van der Waals surface area contributed by atoms with Crippen LogP contribution in [0.4, 0.5) is 10.8 Å². The molecule has 0 radical (unpaired) electrons. The van der Waals surface area contributed by atoms with Crippen molar-refractivity contribution in [1.82, 2.24) is 14.8 Å². The molecule has 28 heavy (non-hydrogen) atoms. The standard InChI is InChI=1S/C16H19N5O5S2/c1-11(22)18-12-3-2-4-13(9-12)28(25,26)21-7-5-20(6-8-21)16-17-10-14(27-16)15(23)19-24/h2-4,9-10,24H,5-8H2,1H3,(H,18,22)(H,19,23). The van der Waals surface area contributed by atoms with E-state index in [1.54, 1.807) is 17.6 Å². The fraction of sp³-hybridized carbons (Fsp3) is 0.312. The summed E-state index contributed by atoms with van der Waals surface area (Å²) in [6, 6.07) is 6.13. The number of benzene rings is 1. The monoisotopic (exact) mass is 425 g/mol. The second-order valence-electron chi connectivity index (χ2n) is 6.05. The molecular weight excluding hydrogens is 406 g/mol. The highest BCUT2D eigenvalue weighted by Crippen LogP contribution is 2.26. The van der Waals surface area contributed by atoms with Gasteiger partial charge in [-0.15, -0.1) is 0 Å². The Morgan fingerprint density at radius 2 is 1.93 bits per heavy atom. The van der Waals surface area contributed by atoms with Crippen LogP contribution in [0.1, 0.15) is 16.6 Å². The van der Waals surface area contributed by atoms with Gasteiger partial charge in [0.2, 0.25) is 15.9 Å². The molecule has 12 heteroatoms. The van der Waals surface area contributed by atoms with Gasteiger partial charge in [-0.05, 0) is 18.2 Å². The molecule has 1 aliphatic heterocycles. The average molecular weight is 425 g/mol. The first-order valence-corrected chi connectivity index (χ1v) is 10.6. The van der Waals surface area contributed by atoms with Gasteiger partial charge >= 0.3 is 0 Å². The lowest BCUT2D eigenvalue weighted by Crippen LogP contribution is -2.48. The molecule has 0 bridgehead atoms. The molecule has 2 amide bonds. The van der Waals surface area contributed by atoms with Crippen molar-refractivity contribution >= 4 is 44.0 Å². The van der Waals surface area contributed by atoms with E-state index >= 15 is 0 Å². The van der Waals surface area contributed by atoms with Gasteiger partial charge in [0, 0.05) is 38.8 Å². The number of piperazine rings is 1. The number of aromatic nitrogens is 1. The van der Waals surface area contributed by atoms with Crippen LogP contribution in [0.5, 0.6) is 0 Å². The van der Waals surface area contributed by atoms with E-state index in [0.717, 1.165) is 11.3 Å². The van der Waals surface area contributed by atoms with Crippen LogP contribution >= 0.6 is 11.3 Å². The van der Waals surface area contributed by atoms with Crippen molar-refractivity contribution in [2.75, 3.05) is 36.4 Å². The van der Waals surface area contributed by atoms with Crippen LogP contribution in [0.2, 0.25) is 0 Å². The van der Waals surface area contributed by atoms with Gasteiger partial charge in [0.15, 0.2) is 5.13 Å². The number of hydrogen-bond acceptors (Lipinski definition) is 8. The van der Waals surface area contributed by atoms with Gasteiger partial charge in [-0.1, -0.05) is 17.4 Å². The van der Waals surface area contributed by atoms with Crippen molar-refractivity contribution < 1.29 is 23.2 Å². The second kappa shape index (κ2) is 8.22. The van der Waals surface area contributed by atoms with Gasteiger partial charge in [0.05, 0.1) is 11.1 Å². The summed E-state index contributed by atoms with van der Waals surface area (Å²) in [7, 11) is -3.70. The molecule has 10 nitrogen and oxygen atoms in total. The number of carbonyl (C=O) groups excluding carboxylic acids is 2. The number of nitrogens with one attached hydrogen (secondary N) is 2. The molecule has 1 saturated heterocycles. The summed E-state index contributed by atoms with van der Waals surface area (Å²) in [5.41, 5.74) is 1.98. The minimum atomic E-state index is -3.70. The largest absolute Gasteiger partial charge is 0.345 e. The molecule has 2 heterocycles. The number of thiazole rings is 1. The number of carbonyl (C=O) groups is 2. The molecule has 3 rings (SSSR count). The zero-order valence-corrected chi connectivity index (χ0v) is 16.6. The lowest BCUT2D eigenvalue weighted by molar-refractivity contribution is -0.114. The molecule has 1 fully saturated rings. The molecular formula is C16H19N5O5S2. The van der Waals surface area contributed by atoms with Gasteiger partial charge in [0.25, 0.3) is 5.91 Å². The normalized spacial score (nSPS) is 15.3. The van der Waals surface area contributed by atoms with E-state index in [2.05, 4.69) is 10.3 Å². The van der Waals surface area contributed by atoms with Crippen LogP contribution in [-0.4, -0.2) is 60.9 Å². The molecule has 150 valence electrons. The van der Waals surface area contributed by atoms with E-state index in [9.17, 15) is 18.0 Å². The van der Waals surface area contributed by atoms with Crippen LogP contribution < -0.4 is 15.7 Å². The van der Waals surface area contributed by atoms with Crippen molar-refractivity contribution in [1.29, 1.82) is 0 Å². The summed E-state index contributed by atoms with van der Waals surface area (Å²) in [6.45, 7) is 2.70. The first kappa shape index (κ1) is 20.2. The molecule has 3 N–H and O–H groups in total. The summed E-state index contributed by atoms with van der Waals surface area (Å²) in [5.74, 6) is -0.912. The van der Waals surface area contributed by atoms with Gasteiger partial charge in [-0.2, -0.15) is 4.31 Å². The minimum absolute atomic E-state index is 0.114. The van der Waals surface area contributed by atoms with E-state index in [4.69, 9.17) is 5.21 Å². The van der Waals surface area contributed by atoms with Crippen molar-refractivity contribution in [3.63, 3.8) is 0 Å². The molecule has 1 aliphatic rings. The molecule has 0 aliphatic carbocycles. The maximum absolute atomic E-state index is 12.9.